The molecule has 0 aliphatic carbocycles. The number of rotatable bonds is 9. The predicted molar refractivity (Wildman–Crippen MR) is 78.7 cm³/mol. The lowest BCUT2D eigenvalue weighted by molar-refractivity contribution is 0.295. The summed E-state index contributed by atoms with van der Waals surface area (Å²) >= 11 is 0. The molecule has 0 amide bonds. The Labute approximate surface area is 116 Å². The summed E-state index contributed by atoms with van der Waals surface area (Å²) < 4.78 is 5.08. The van der Waals surface area contributed by atoms with Crippen molar-refractivity contribution in [2.24, 2.45) is 0 Å². The monoisotopic (exact) mass is 266 g/mol. The normalized spacial score (nSPS) is 12.5. The zero-order chi connectivity index (χ0) is 14.1. The molecule has 1 N–H and O–H groups in total. The van der Waals surface area contributed by atoms with Crippen LogP contribution in [0.4, 0.5) is 5.95 Å². The molecule has 19 heavy (non-hydrogen) atoms. The summed E-state index contributed by atoms with van der Waals surface area (Å²) in [5.74, 6) is 1.22. The second-order valence-electron chi connectivity index (χ2n) is 4.64. The Balaban J connectivity index is 2.32. The van der Waals surface area contributed by atoms with Gasteiger partial charge >= 0.3 is 0 Å². The van der Waals surface area contributed by atoms with Gasteiger partial charge in [0.1, 0.15) is 0 Å². The molecule has 0 aliphatic heterocycles. The van der Waals surface area contributed by atoms with Crippen LogP contribution in [0.1, 0.15) is 33.6 Å². The maximum Gasteiger partial charge on any atom is 0.226 e. The minimum absolute atomic E-state index is 0.364. The number of aromatic nitrogens is 2. The van der Waals surface area contributed by atoms with Crippen molar-refractivity contribution in [2.75, 3.05) is 32.1 Å². The van der Waals surface area contributed by atoms with Crippen LogP contribution in [0.15, 0.2) is 12.3 Å². The van der Waals surface area contributed by atoms with Crippen LogP contribution >= 0.6 is 0 Å². The molecule has 1 unspecified atom stereocenters. The van der Waals surface area contributed by atoms with Gasteiger partial charge in [-0.25, -0.2) is 4.98 Å². The molecule has 1 rings (SSSR count). The average molecular weight is 266 g/mol. The third-order valence-corrected chi connectivity index (χ3v) is 3.22. The molecule has 108 valence electrons. The average Bonchev–Trinajstić information content (AvgIpc) is 2.44. The van der Waals surface area contributed by atoms with E-state index in [9.17, 15) is 0 Å². The Bertz CT molecular complexity index is 355. The van der Waals surface area contributed by atoms with Gasteiger partial charge in [0.25, 0.3) is 0 Å². The highest BCUT2D eigenvalue weighted by Gasteiger charge is 2.06. The summed E-state index contributed by atoms with van der Waals surface area (Å²) in [6.07, 6.45) is 3.99. The fraction of sp³-hybridized carbons (Fsp3) is 0.714. The molecule has 0 spiro atoms. The fourth-order valence-electron chi connectivity index (χ4n) is 1.98. The van der Waals surface area contributed by atoms with Crippen LogP contribution in [0.2, 0.25) is 0 Å². The lowest BCUT2D eigenvalue weighted by Gasteiger charge is -2.19. The Morgan fingerprint density at radius 3 is 2.74 bits per heavy atom. The van der Waals surface area contributed by atoms with E-state index in [-0.39, 0.29) is 0 Å². The van der Waals surface area contributed by atoms with Crippen LogP contribution < -0.4 is 10.1 Å². The predicted octanol–water partition coefficient (Wildman–Crippen LogP) is 2.41. The third kappa shape index (κ3) is 5.87. The van der Waals surface area contributed by atoms with Crippen LogP contribution in [0.3, 0.4) is 0 Å². The maximum absolute atomic E-state index is 5.08. The van der Waals surface area contributed by atoms with Crippen molar-refractivity contribution in [1.29, 1.82) is 0 Å². The molecule has 1 aromatic rings. The van der Waals surface area contributed by atoms with E-state index in [4.69, 9.17) is 4.74 Å². The van der Waals surface area contributed by atoms with Gasteiger partial charge < -0.3 is 15.0 Å². The van der Waals surface area contributed by atoms with Crippen LogP contribution in [0.5, 0.6) is 5.88 Å². The van der Waals surface area contributed by atoms with Gasteiger partial charge in [-0.15, -0.1) is 0 Å². The molecule has 1 atom stereocenters. The highest BCUT2D eigenvalue weighted by Crippen LogP contribution is 2.10. The third-order valence-electron chi connectivity index (χ3n) is 3.22. The largest absolute Gasteiger partial charge is 0.481 e. The Hall–Kier alpha value is -1.36. The molecule has 1 heterocycles. The number of nitrogens with zero attached hydrogens (tertiary/aromatic N) is 3. The topological polar surface area (TPSA) is 50.3 Å². The molecule has 0 saturated heterocycles. The Kier molecular flexibility index (Phi) is 7.18. The first kappa shape index (κ1) is 15.7. The van der Waals surface area contributed by atoms with E-state index in [0.29, 0.717) is 17.9 Å². The van der Waals surface area contributed by atoms with Gasteiger partial charge in [-0.1, -0.05) is 13.8 Å². The lowest BCUT2D eigenvalue weighted by Crippen LogP contribution is -2.26. The molecule has 1 aromatic heterocycles. The number of anilines is 1. The summed E-state index contributed by atoms with van der Waals surface area (Å²) in [6.45, 7) is 9.96. The molecule has 0 saturated carbocycles. The van der Waals surface area contributed by atoms with E-state index in [0.717, 1.165) is 26.1 Å². The highest BCUT2D eigenvalue weighted by atomic mass is 16.5. The molecule has 5 heteroatoms. The van der Waals surface area contributed by atoms with Crippen molar-refractivity contribution in [3.63, 3.8) is 0 Å². The summed E-state index contributed by atoms with van der Waals surface area (Å²) in [6, 6.07) is 2.11. The number of hydrogen-bond donors (Lipinski definition) is 1. The van der Waals surface area contributed by atoms with Crippen molar-refractivity contribution in [2.45, 2.75) is 39.7 Å². The van der Waals surface area contributed by atoms with Crippen molar-refractivity contribution in [1.82, 2.24) is 14.9 Å². The van der Waals surface area contributed by atoms with Crippen LogP contribution in [-0.2, 0) is 0 Å². The minimum atomic E-state index is 0.364. The zero-order valence-corrected chi connectivity index (χ0v) is 12.5. The smallest absolute Gasteiger partial charge is 0.226 e. The molecule has 0 aromatic carbocycles. The van der Waals surface area contributed by atoms with Crippen molar-refractivity contribution >= 4 is 5.95 Å². The van der Waals surface area contributed by atoms with Gasteiger partial charge in [0, 0.05) is 18.3 Å². The van der Waals surface area contributed by atoms with Crippen LogP contribution in [-0.4, -0.2) is 47.7 Å². The summed E-state index contributed by atoms with van der Waals surface area (Å²) in [5, 5.41) is 3.31. The minimum Gasteiger partial charge on any atom is -0.481 e. The van der Waals surface area contributed by atoms with Gasteiger partial charge in [0.2, 0.25) is 11.8 Å². The van der Waals surface area contributed by atoms with E-state index in [1.54, 1.807) is 19.4 Å². The molecular formula is C14H26N4O. The van der Waals surface area contributed by atoms with Gasteiger partial charge in [-0.2, -0.15) is 4.98 Å². The first-order chi connectivity index (χ1) is 9.19. The van der Waals surface area contributed by atoms with Gasteiger partial charge in [0.05, 0.1) is 7.11 Å². The van der Waals surface area contributed by atoms with E-state index in [1.165, 1.54) is 6.42 Å². The van der Waals surface area contributed by atoms with Gasteiger partial charge in [-0.05, 0) is 39.4 Å². The maximum atomic E-state index is 5.08. The molecular weight excluding hydrogens is 240 g/mol. The summed E-state index contributed by atoms with van der Waals surface area (Å²) in [4.78, 5) is 10.9. The Morgan fingerprint density at radius 2 is 2.11 bits per heavy atom. The molecule has 5 nitrogen and oxygen atoms in total. The van der Waals surface area contributed by atoms with Crippen LogP contribution in [0.25, 0.3) is 0 Å². The fourth-order valence-corrected chi connectivity index (χ4v) is 1.98. The van der Waals surface area contributed by atoms with Gasteiger partial charge in [0.15, 0.2) is 0 Å². The first-order valence-corrected chi connectivity index (χ1v) is 7.05. The van der Waals surface area contributed by atoms with E-state index < -0.39 is 0 Å². The van der Waals surface area contributed by atoms with E-state index >= 15 is 0 Å². The quantitative estimate of drug-likeness (QED) is 0.744. The highest BCUT2D eigenvalue weighted by molar-refractivity contribution is 5.28. The molecule has 0 bridgehead atoms. The summed E-state index contributed by atoms with van der Waals surface area (Å²) in [5.41, 5.74) is 0. The zero-order valence-electron chi connectivity index (χ0n) is 12.5. The van der Waals surface area contributed by atoms with E-state index in [1.807, 2.05) is 0 Å². The molecule has 0 radical (unpaired) electrons. The number of ether oxygens (including phenoxy) is 1. The number of methoxy groups -OCH3 is 1. The van der Waals surface area contributed by atoms with E-state index in [2.05, 4.69) is 41.0 Å². The van der Waals surface area contributed by atoms with Crippen molar-refractivity contribution in [3.05, 3.63) is 12.3 Å². The van der Waals surface area contributed by atoms with Crippen molar-refractivity contribution < 1.29 is 4.74 Å². The van der Waals surface area contributed by atoms with Crippen molar-refractivity contribution in [3.8, 4) is 5.88 Å². The lowest BCUT2D eigenvalue weighted by atomic mass is 10.2. The second-order valence-corrected chi connectivity index (χ2v) is 4.64. The number of hydrogen-bond acceptors (Lipinski definition) is 5. The second kappa shape index (κ2) is 8.69. The number of nitrogens with one attached hydrogen (secondary N) is 1. The Morgan fingerprint density at radius 1 is 1.37 bits per heavy atom. The van der Waals surface area contributed by atoms with Crippen LogP contribution in [0, 0.1) is 0 Å². The first-order valence-electron chi connectivity index (χ1n) is 7.05. The molecule has 0 aliphatic rings. The van der Waals surface area contributed by atoms with Gasteiger partial charge in [-0.3, -0.25) is 0 Å². The SMILES string of the molecule is CCN(CC)CCCC(C)Nc1nccc(OC)n1. The standard InChI is InChI=1S/C14H26N4O/c1-5-18(6-2)11-7-8-12(3)16-14-15-10-9-13(17-14)19-4/h9-10,12H,5-8,11H2,1-4H3,(H,15,16,17). The molecule has 0 fully saturated rings. The summed E-state index contributed by atoms with van der Waals surface area (Å²) in [7, 11) is 1.61.